The molecule has 0 aliphatic heterocycles. The predicted molar refractivity (Wildman–Crippen MR) is 24.9 cm³/mol. The molecule has 1 rings (SSSR count). The molecule has 1 aliphatic rings. The fraction of sp³-hybridized carbons (Fsp3) is 0. The van der Waals surface area contributed by atoms with E-state index in [0.29, 0.717) is 6.08 Å². The van der Waals surface area contributed by atoms with E-state index in [9.17, 15) is 13.2 Å². The molecule has 0 unspecified atom stereocenters. The summed E-state index contributed by atoms with van der Waals surface area (Å²) in [6.45, 7) is 0. The van der Waals surface area contributed by atoms with Crippen molar-refractivity contribution in [1.82, 2.24) is 0 Å². The summed E-state index contributed by atoms with van der Waals surface area (Å²) in [7, 11) is 0. The first-order valence-electron chi connectivity index (χ1n) is 2.14. The van der Waals surface area contributed by atoms with Gasteiger partial charge in [-0.15, -0.1) is 0 Å². The van der Waals surface area contributed by atoms with Crippen LogP contribution in [0.4, 0.5) is 13.2 Å². The van der Waals surface area contributed by atoms with Gasteiger partial charge in [0, 0.05) is 6.08 Å². The van der Waals surface area contributed by atoms with Crippen LogP contribution < -0.4 is 24.8 Å². The van der Waals surface area contributed by atoms with Gasteiger partial charge in [-0.1, -0.05) is 0 Å². The molecular formula is C6HCl2F3Hg2. The molecule has 0 atom stereocenters. The minimum Gasteiger partial charge on any atom is -1.00 e. The van der Waals surface area contributed by atoms with Gasteiger partial charge in [0.05, 0.1) is 6.08 Å². The maximum absolute atomic E-state index is 11.9. The van der Waals surface area contributed by atoms with Crippen molar-refractivity contribution in [3.8, 4) is 0 Å². The van der Waals surface area contributed by atoms with Crippen LogP contribution in [0.25, 0.3) is 0 Å². The van der Waals surface area contributed by atoms with E-state index in [1.165, 1.54) is 0 Å². The van der Waals surface area contributed by atoms with Gasteiger partial charge >= 0.3 is 55.3 Å². The van der Waals surface area contributed by atoms with Crippen LogP contribution in [0.15, 0.2) is 23.6 Å². The number of rotatable bonds is 0. The molecule has 0 nitrogen and oxygen atoms in total. The van der Waals surface area contributed by atoms with E-state index in [0.717, 1.165) is 0 Å². The monoisotopic (exact) mass is 604 g/mol. The van der Waals surface area contributed by atoms with Crippen molar-refractivity contribution in [2.45, 2.75) is 0 Å². The molecule has 64 valence electrons. The van der Waals surface area contributed by atoms with Gasteiger partial charge in [0.25, 0.3) is 0 Å². The molecule has 13 heavy (non-hydrogen) atoms. The van der Waals surface area contributed by atoms with E-state index in [1.54, 1.807) is 12.2 Å². The van der Waals surface area contributed by atoms with Crippen LogP contribution in [0.1, 0.15) is 0 Å². The molecule has 0 amide bonds. The molecule has 0 saturated carbocycles. The third-order valence-electron chi connectivity index (χ3n) is 0.712. The Kier molecular flexibility index (Phi) is 21.0. The van der Waals surface area contributed by atoms with Crippen LogP contribution in [0, 0.1) is 12.2 Å². The molecule has 0 heterocycles. The van der Waals surface area contributed by atoms with E-state index in [4.69, 9.17) is 0 Å². The summed E-state index contributed by atoms with van der Waals surface area (Å²) in [6, 6.07) is 0. The Bertz CT molecular complexity index is 180. The van der Waals surface area contributed by atoms with Crippen LogP contribution in [0.2, 0.25) is 0 Å². The van der Waals surface area contributed by atoms with Gasteiger partial charge in [-0.3, -0.25) is 0 Å². The van der Waals surface area contributed by atoms with Crippen molar-refractivity contribution in [3.05, 3.63) is 35.7 Å². The quantitative estimate of drug-likeness (QED) is 0.197. The van der Waals surface area contributed by atoms with Crippen molar-refractivity contribution in [2.75, 3.05) is 0 Å². The third kappa shape index (κ3) is 9.67. The number of halogens is 5. The zero-order valence-electron chi connectivity index (χ0n) is 6.38. The summed E-state index contributed by atoms with van der Waals surface area (Å²) >= 11 is 0. The Morgan fingerprint density at radius 2 is 1.54 bits per heavy atom. The summed E-state index contributed by atoms with van der Waals surface area (Å²) in [4.78, 5) is 0. The Morgan fingerprint density at radius 1 is 1.08 bits per heavy atom. The normalized spacial score (nSPS) is 12.1. The van der Waals surface area contributed by atoms with Gasteiger partial charge in [0.2, 0.25) is 0 Å². The van der Waals surface area contributed by atoms with Crippen LogP contribution in [0.5, 0.6) is 0 Å². The standard InChI is InChI=1S/C6HF3.2ClH.2Hg/c7-4-1-5(8)3-6(9)2-4;;;;/h1H;2*1H;;/q;;;2*+1/p-2. The molecule has 0 bridgehead atoms. The predicted octanol–water partition coefficient (Wildman–Crippen LogP) is -3.83. The molecule has 0 N–H and O–H groups in total. The molecule has 0 spiro atoms. The van der Waals surface area contributed by atoms with Gasteiger partial charge in [-0.25, -0.2) is 4.39 Å². The Hall–Kier alpha value is 1.37. The molecule has 0 aromatic carbocycles. The summed E-state index contributed by atoms with van der Waals surface area (Å²) < 4.78 is 35.6. The van der Waals surface area contributed by atoms with E-state index >= 15 is 0 Å². The first-order valence-corrected chi connectivity index (χ1v) is 2.14. The number of allylic oxidation sites excluding steroid dienone is 6. The molecule has 2 radical (unpaired) electrons. The topological polar surface area (TPSA) is 0 Å². The van der Waals surface area contributed by atoms with Gasteiger partial charge in [-0.05, 0) is 6.08 Å². The van der Waals surface area contributed by atoms with E-state index in [1.807, 2.05) is 0 Å². The Balaban J connectivity index is -0.000000101. The van der Waals surface area contributed by atoms with Gasteiger partial charge < -0.3 is 24.8 Å². The summed E-state index contributed by atoms with van der Waals surface area (Å²) in [5.74, 6) is -3.25. The van der Waals surface area contributed by atoms with Crippen LogP contribution in [-0.4, -0.2) is 0 Å². The van der Waals surface area contributed by atoms with Crippen LogP contribution in [0.3, 0.4) is 0 Å². The van der Waals surface area contributed by atoms with Gasteiger partial charge in [0.15, 0.2) is 11.7 Å². The molecular weight excluding hydrogens is 601 g/mol. The first-order chi connectivity index (χ1) is 4.18. The smallest absolute Gasteiger partial charge is 1.00 e. The van der Waals surface area contributed by atoms with Crippen molar-refractivity contribution in [3.63, 3.8) is 0 Å². The maximum atomic E-state index is 11.9. The zero-order chi connectivity index (χ0) is 6.85. The van der Waals surface area contributed by atoms with E-state index < -0.39 is 17.5 Å². The second kappa shape index (κ2) is 11.4. The van der Waals surface area contributed by atoms with Crippen LogP contribution >= 0.6 is 0 Å². The van der Waals surface area contributed by atoms with Crippen LogP contribution in [-0.2, 0) is 55.3 Å². The summed E-state index contributed by atoms with van der Waals surface area (Å²) in [5.41, 5.74) is 0. The number of hydrogen-bond donors (Lipinski definition) is 0. The fourth-order valence-corrected chi connectivity index (χ4v) is 0.424. The van der Waals surface area contributed by atoms with Gasteiger partial charge in [-0.2, -0.15) is 8.78 Å². The SMILES string of the molecule is FC1=[C+]C(F)=[C-]C(F)=C1.[Cl-].[Cl-].[Hg+].[Hg+]. The van der Waals surface area contributed by atoms with Crippen molar-refractivity contribution < 1.29 is 93.3 Å². The van der Waals surface area contributed by atoms with Crippen molar-refractivity contribution in [2.24, 2.45) is 0 Å². The molecule has 0 fully saturated rings. The average Bonchev–Trinajstić information content (AvgIpc) is 1.59. The minimum atomic E-state index is -1.15. The van der Waals surface area contributed by atoms with Gasteiger partial charge in [0.1, 0.15) is 5.83 Å². The second-order valence-electron chi connectivity index (χ2n) is 1.40. The second-order valence-corrected chi connectivity index (χ2v) is 1.40. The zero-order valence-corrected chi connectivity index (χ0v) is 18.9. The number of hydrogen-bond acceptors (Lipinski definition) is 0. The molecule has 0 saturated heterocycles. The van der Waals surface area contributed by atoms with E-state index in [2.05, 4.69) is 0 Å². The fourth-order valence-electron chi connectivity index (χ4n) is 0.424. The molecule has 0 aromatic rings. The Labute approximate surface area is 128 Å². The van der Waals surface area contributed by atoms with E-state index in [-0.39, 0.29) is 80.2 Å². The largest absolute Gasteiger partial charge is 1.00 e. The molecule has 7 heteroatoms. The third-order valence-corrected chi connectivity index (χ3v) is 0.712. The molecule has 0 aromatic heterocycles. The minimum absolute atomic E-state index is 0. The first kappa shape index (κ1) is 23.9. The molecule has 1 aliphatic carbocycles. The summed E-state index contributed by atoms with van der Waals surface area (Å²) in [6.07, 6.45) is 3.67. The van der Waals surface area contributed by atoms with Crippen molar-refractivity contribution >= 4 is 0 Å². The van der Waals surface area contributed by atoms with Crippen molar-refractivity contribution in [1.29, 1.82) is 0 Å². The Morgan fingerprint density at radius 3 is 1.85 bits per heavy atom. The maximum Gasteiger partial charge on any atom is 1.00 e. The average molecular weight is 602 g/mol. The summed E-state index contributed by atoms with van der Waals surface area (Å²) in [5, 5.41) is 0.